The van der Waals surface area contributed by atoms with Gasteiger partial charge in [0.25, 0.3) is 0 Å². The van der Waals surface area contributed by atoms with Gasteiger partial charge in [0.2, 0.25) is 0 Å². The first-order valence-corrected chi connectivity index (χ1v) is 6.26. The summed E-state index contributed by atoms with van der Waals surface area (Å²) >= 11 is 0. The molecule has 0 aliphatic carbocycles. The Hall–Kier alpha value is -0.900. The Bertz CT molecular complexity index is 331. The van der Waals surface area contributed by atoms with Gasteiger partial charge in [-0.15, -0.1) is 0 Å². The standard InChI is InChI=1S/C14H21NO2/c1-11-8-15(9-12(2)17-11)10-14(16)13-6-4-3-5-7-13/h3-7,11-12,14,16H,8-10H2,1-2H3/t11-,12-,14+/m1/s1. The van der Waals surface area contributed by atoms with Crippen molar-refractivity contribution < 1.29 is 9.84 Å². The molecule has 1 aliphatic rings. The molecule has 0 radical (unpaired) electrons. The predicted octanol–water partition coefficient (Wildman–Crippen LogP) is 1.83. The number of morpholine rings is 1. The zero-order valence-electron chi connectivity index (χ0n) is 10.5. The van der Waals surface area contributed by atoms with Crippen molar-refractivity contribution in [2.24, 2.45) is 0 Å². The quantitative estimate of drug-likeness (QED) is 0.867. The molecule has 1 N–H and O–H groups in total. The van der Waals surface area contributed by atoms with Gasteiger partial charge in [0, 0.05) is 19.6 Å². The van der Waals surface area contributed by atoms with Crippen molar-refractivity contribution in [3.05, 3.63) is 35.9 Å². The summed E-state index contributed by atoms with van der Waals surface area (Å²) < 4.78 is 5.68. The zero-order valence-corrected chi connectivity index (χ0v) is 10.5. The molecule has 0 saturated carbocycles. The maximum atomic E-state index is 10.2. The molecule has 0 aromatic heterocycles. The smallest absolute Gasteiger partial charge is 0.0916 e. The minimum absolute atomic E-state index is 0.252. The van der Waals surface area contributed by atoms with E-state index in [9.17, 15) is 5.11 Å². The fourth-order valence-electron chi connectivity index (χ4n) is 2.46. The Morgan fingerprint density at radius 1 is 1.24 bits per heavy atom. The molecule has 3 nitrogen and oxygen atoms in total. The maximum Gasteiger partial charge on any atom is 0.0916 e. The van der Waals surface area contributed by atoms with Crippen LogP contribution in [0.3, 0.4) is 0 Å². The van der Waals surface area contributed by atoms with E-state index < -0.39 is 6.10 Å². The summed E-state index contributed by atoms with van der Waals surface area (Å²) in [5.74, 6) is 0. The number of benzene rings is 1. The van der Waals surface area contributed by atoms with Crippen LogP contribution in [0.5, 0.6) is 0 Å². The summed E-state index contributed by atoms with van der Waals surface area (Å²) in [5, 5.41) is 10.2. The van der Waals surface area contributed by atoms with Crippen molar-refractivity contribution in [3.63, 3.8) is 0 Å². The first kappa shape index (κ1) is 12.6. The third-order valence-corrected chi connectivity index (χ3v) is 3.11. The highest BCUT2D eigenvalue weighted by molar-refractivity contribution is 5.17. The van der Waals surface area contributed by atoms with Crippen molar-refractivity contribution in [2.45, 2.75) is 32.2 Å². The first-order chi connectivity index (χ1) is 8.15. The first-order valence-electron chi connectivity index (χ1n) is 6.26. The van der Waals surface area contributed by atoms with Gasteiger partial charge < -0.3 is 9.84 Å². The molecule has 1 heterocycles. The zero-order chi connectivity index (χ0) is 12.3. The van der Waals surface area contributed by atoms with Crippen molar-refractivity contribution >= 4 is 0 Å². The summed E-state index contributed by atoms with van der Waals surface area (Å²) in [5.41, 5.74) is 0.985. The number of rotatable bonds is 3. The van der Waals surface area contributed by atoms with Gasteiger partial charge in [0.1, 0.15) is 0 Å². The molecular formula is C14H21NO2. The van der Waals surface area contributed by atoms with E-state index in [2.05, 4.69) is 18.7 Å². The SMILES string of the molecule is C[C@@H]1CN(C[C@H](O)c2ccccc2)C[C@@H](C)O1. The van der Waals surface area contributed by atoms with E-state index in [0.29, 0.717) is 6.54 Å². The van der Waals surface area contributed by atoms with Crippen molar-refractivity contribution in [1.29, 1.82) is 0 Å². The molecule has 0 unspecified atom stereocenters. The van der Waals surface area contributed by atoms with E-state index >= 15 is 0 Å². The van der Waals surface area contributed by atoms with Crippen LogP contribution in [0.2, 0.25) is 0 Å². The average Bonchev–Trinajstić information content (AvgIpc) is 2.28. The van der Waals surface area contributed by atoms with Gasteiger partial charge in [-0.2, -0.15) is 0 Å². The molecule has 0 spiro atoms. The Labute approximate surface area is 103 Å². The highest BCUT2D eigenvalue weighted by Gasteiger charge is 2.24. The lowest BCUT2D eigenvalue weighted by molar-refractivity contribution is -0.0767. The molecule has 1 aromatic carbocycles. The van der Waals surface area contributed by atoms with Crippen molar-refractivity contribution in [3.8, 4) is 0 Å². The van der Waals surface area contributed by atoms with E-state index in [1.54, 1.807) is 0 Å². The Balaban J connectivity index is 1.92. The van der Waals surface area contributed by atoms with E-state index in [1.807, 2.05) is 30.3 Å². The van der Waals surface area contributed by atoms with Gasteiger partial charge in [-0.1, -0.05) is 30.3 Å². The largest absolute Gasteiger partial charge is 0.387 e. The molecule has 0 bridgehead atoms. The molecule has 1 fully saturated rings. The van der Waals surface area contributed by atoms with Crippen LogP contribution in [0.4, 0.5) is 0 Å². The molecule has 17 heavy (non-hydrogen) atoms. The average molecular weight is 235 g/mol. The highest BCUT2D eigenvalue weighted by Crippen LogP contribution is 2.17. The van der Waals surface area contributed by atoms with E-state index in [1.165, 1.54) is 0 Å². The van der Waals surface area contributed by atoms with E-state index in [4.69, 9.17) is 4.74 Å². The van der Waals surface area contributed by atoms with Crippen LogP contribution in [-0.2, 0) is 4.74 Å². The lowest BCUT2D eigenvalue weighted by Crippen LogP contribution is -2.46. The number of aliphatic hydroxyl groups excluding tert-OH is 1. The van der Waals surface area contributed by atoms with Crippen LogP contribution in [0, 0.1) is 0 Å². The molecule has 1 aliphatic heterocycles. The summed E-state index contributed by atoms with van der Waals surface area (Å²) in [6.45, 7) is 6.64. The second kappa shape index (κ2) is 5.63. The minimum Gasteiger partial charge on any atom is -0.387 e. The predicted molar refractivity (Wildman–Crippen MR) is 67.9 cm³/mol. The molecule has 3 atom stereocenters. The Morgan fingerprint density at radius 3 is 2.41 bits per heavy atom. The molecule has 94 valence electrons. The van der Waals surface area contributed by atoms with Crippen LogP contribution in [0.25, 0.3) is 0 Å². The minimum atomic E-state index is -0.409. The highest BCUT2D eigenvalue weighted by atomic mass is 16.5. The third-order valence-electron chi connectivity index (χ3n) is 3.11. The molecule has 1 aromatic rings. The van der Waals surface area contributed by atoms with Crippen LogP contribution >= 0.6 is 0 Å². The summed E-state index contributed by atoms with van der Waals surface area (Å²) in [6.07, 6.45) is 0.0946. The van der Waals surface area contributed by atoms with Gasteiger partial charge in [0.05, 0.1) is 18.3 Å². The van der Waals surface area contributed by atoms with Crippen LogP contribution in [0.15, 0.2) is 30.3 Å². The normalized spacial score (nSPS) is 27.9. The number of β-amino-alcohol motifs (C(OH)–C–C–N with tert-alkyl or cyclic N) is 1. The van der Waals surface area contributed by atoms with Gasteiger partial charge in [-0.3, -0.25) is 4.90 Å². The lowest BCUT2D eigenvalue weighted by atomic mass is 10.1. The van der Waals surface area contributed by atoms with Gasteiger partial charge >= 0.3 is 0 Å². The van der Waals surface area contributed by atoms with Crippen LogP contribution < -0.4 is 0 Å². The second-order valence-corrected chi connectivity index (χ2v) is 4.90. The molecular weight excluding hydrogens is 214 g/mol. The fraction of sp³-hybridized carbons (Fsp3) is 0.571. The monoisotopic (exact) mass is 235 g/mol. The topological polar surface area (TPSA) is 32.7 Å². The van der Waals surface area contributed by atoms with Gasteiger partial charge in [-0.25, -0.2) is 0 Å². The number of hydrogen-bond donors (Lipinski definition) is 1. The molecule has 0 amide bonds. The third kappa shape index (κ3) is 3.53. The summed E-state index contributed by atoms with van der Waals surface area (Å²) in [4.78, 5) is 2.27. The molecule has 2 rings (SSSR count). The number of aliphatic hydroxyl groups is 1. The lowest BCUT2D eigenvalue weighted by Gasteiger charge is -2.36. The van der Waals surface area contributed by atoms with Gasteiger partial charge in [-0.05, 0) is 19.4 Å². The maximum absolute atomic E-state index is 10.2. The fourth-order valence-corrected chi connectivity index (χ4v) is 2.46. The van der Waals surface area contributed by atoms with Crippen molar-refractivity contribution in [2.75, 3.05) is 19.6 Å². The Morgan fingerprint density at radius 2 is 1.82 bits per heavy atom. The van der Waals surface area contributed by atoms with Crippen molar-refractivity contribution in [1.82, 2.24) is 4.90 Å². The summed E-state index contributed by atoms with van der Waals surface area (Å²) in [7, 11) is 0. The summed E-state index contributed by atoms with van der Waals surface area (Å²) in [6, 6.07) is 9.83. The second-order valence-electron chi connectivity index (χ2n) is 4.90. The number of hydrogen-bond acceptors (Lipinski definition) is 3. The number of nitrogens with zero attached hydrogens (tertiary/aromatic N) is 1. The number of ether oxygens (including phenoxy) is 1. The van der Waals surface area contributed by atoms with Crippen LogP contribution in [-0.4, -0.2) is 41.8 Å². The van der Waals surface area contributed by atoms with Crippen LogP contribution in [0.1, 0.15) is 25.5 Å². The van der Waals surface area contributed by atoms with E-state index in [-0.39, 0.29) is 12.2 Å². The molecule has 1 saturated heterocycles. The van der Waals surface area contributed by atoms with E-state index in [0.717, 1.165) is 18.7 Å². The molecule has 3 heteroatoms. The van der Waals surface area contributed by atoms with Gasteiger partial charge in [0.15, 0.2) is 0 Å². The Kier molecular flexibility index (Phi) is 4.15.